The normalized spacial score (nSPS) is 16.0. The molecule has 1 aromatic carbocycles. The fraction of sp³-hybridized carbons (Fsp3) is 0.588. The maximum atomic E-state index is 12.5. The van der Waals surface area contributed by atoms with Gasteiger partial charge in [-0.1, -0.05) is 0 Å². The van der Waals surface area contributed by atoms with Gasteiger partial charge in [0.2, 0.25) is 0 Å². The Morgan fingerprint density at radius 3 is 2.50 bits per heavy atom. The van der Waals surface area contributed by atoms with Crippen LogP contribution in [0.4, 0.5) is 0 Å². The van der Waals surface area contributed by atoms with Crippen LogP contribution in [-0.2, 0) is 4.74 Å². The van der Waals surface area contributed by atoms with E-state index in [-0.39, 0.29) is 23.7 Å². The largest absolute Gasteiger partial charge is 0.497 e. The van der Waals surface area contributed by atoms with Crippen molar-refractivity contribution < 1.29 is 19.0 Å². The third-order valence-electron chi connectivity index (χ3n) is 4.39. The molecule has 0 saturated carbocycles. The molecule has 0 spiro atoms. The van der Waals surface area contributed by atoms with Gasteiger partial charge in [-0.2, -0.15) is 0 Å². The molecule has 0 atom stereocenters. The molecule has 0 radical (unpaired) electrons. The maximum Gasteiger partial charge on any atom is 0.255 e. The van der Waals surface area contributed by atoms with Gasteiger partial charge in [-0.25, -0.2) is 0 Å². The molecule has 1 saturated heterocycles. The number of benzene rings is 1. The van der Waals surface area contributed by atoms with E-state index in [9.17, 15) is 4.79 Å². The van der Waals surface area contributed by atoms with Crippen molar-refractivity contribution in [2.24, 2.45) is 5.41 Å². The van der Waals surface area contributed by atoms with Crippen LogP contribution in [0.25, 0.3) is 0 Å². The number of piperidine rings is 1. The number of amides is 1. The highest BCUT2D eigenvalue weighted by Crippen LogP contribution is 2.29. The average molecular weight is 359 g/mol. The lowest BCUT2D eigenvalue weighted by Gasteiger charge is -2.37. The van der Waals surface area contributed by atoms with Crippen molar-refractivity contribution in [2.75, 3.05) is 47.6 Å². The van der Waals surface area contributed by atoms with Crippen molar-refractivity contribution >= 4 is 18.3 Å². The Morgan fingerprint density at radius 2 is 1.92 bits per heavy atom. The van der Waals surface area contributed by atoms with Crippen LogP contribution < -0.4 is 20.1 Å². The van der Waals surface area contributed by atoms with E-state index in [0.29, 0.717) is 30.2 Å². The predicted octanol–water partition coefficient (Wildman–Crippen LogP) is 1.87. The Balaban J connectivity index is 0.00000288. The van der Waals surface area contributed by atoms with Crippen molar-refractivity contribution in [3.05, 3.63) is 23.8 Å². The van der Waals surface area contributed by atoms with Gasteiger partial charge >= 0.3 is 0 Å². The van der Waals surface area contributed by atoms with Crippen LogP contribution in [0.5, 0.6) is 11.5 Å². The summed E-state index contributed by atoms with van der Waals surface area (Å²) in [6.07, 6.45) is 1.97. The summed E-state index contributed by atoms with van der Waals surface area (Å²) in [5, 5.41) is 6.38. The molecule has 1 aliphatic heterocycles. The van der Waals surface area contributed by atoms with Crippen molar-refractivity contribution in [2.45, 2.75) is 12.8 Å². The van der Waals surface area contributed by atoms with Crippen LogP contribution in [0.2, 0.25) is 0 Å². The van der Waals surface area contributed by atoms with E-state index < -0.39 is 0 Å². The monoisotopic (exact) mass is 358 g/mol. The van der Waals surface area contributed by atoms with Crippen LogP contribution in [0.15, 0.2) is 18.2 Å². The molecule has 2 N–H and O–H groups in total. The highest BCUT2D eigenvalue weighted by molar-refractivity contribution is 5.97. The molecular weight excluding hydrogens is 332 g/mol. The summed E-state index contributed by atoms with van der Waals surface area (Å²) in [7, 11) is 4.84. The van der Waals surface area contributed by atoms with E-state index in [0.717, 1.165) is 25.9 Å². The summed E-state index contributed by atoms with van der Waals surface area (Å²) in [4.78, 5) is 12.5. The van der Waals surface area contributed by atoms with Crippen LogP contribution in [0, 0.1) is 5.41 Å². The topological polar surface area (TPSA) is 68.8 Å². The standard InChI is InChI=1S/C17H26N2O4.ClH/c1-21-12-17(6-8-18-9-7-17)11-19-16(20)14-5-4-13(22-2)10-15(14)23-3;/h4-5,10,18H,6-9,11-12H2,1-3H3,(H,19,20);1H. The molecule has 2 rings (SSSR count). The number of halogens is 1. The molecule has 0 aromatic heterocycles. The van der Waals surface area contributed by atoms with Gasteiger partial charge in [0.15, 0.2) is 0 Å². The zero-order chi connectivity index (χ0) is 16.7. The van der Waals surface area contributed by atoms with Crippen molar-refractivity contribution in [1.29, 1.82) is 0 Å². The third-order valence-corrected chi connectivity index (χ3v) is 4.39. The van der Waals surface area contributed by atoms with Crippen molar-refractivity contribution in [3.8, 4) is 11.5 Å². The highest BCUT2D eigenvalue weighted by atomic mass is 35.5. The van der Waals surface area contributed by atoms with Crippen LogP contribution in [-0.4, -0.2) is 53.5 Å². The van der Waals surface area contributed by atoms with Gasteiger partial charge in [0.05, 0.1) is 26.4 Å². The third kappa shape index (κ3) is 5.00. The molecule has 1 fully saturated rings. The number of rotatable bonds is 7. The Labute approximate surface area is 149 Å². The van der Waals surface area contributed by atoms with Gasteiger partial charge in [0.1, 0.15) is 11.5 Å². The molecule has 7 heteroatoms. The first-order chi connectivity index (χ1) is 11.1. The first kappa shape index (κ1) is 20.5. The fourth-order valence-electron chi connectivity index (χ4n) is 2.98. The Morgan fingerprint density at radius 1 is 1.21 bits per heavy atom. The molecule has 0 bridgehead atoms. The number of hydrogen-bond acceptors (Lipinski definition) is 5. The van der Waals surface area contributed by atoms with E-state index in [1.807, 2.05) is 0 Å². The molecule has 0 aliphatic carbocycles. The summed E-state index contributed by atoms with van der Waals surface area (Å²) in [6.45, 7) is 3.14. The van der Waals surface area contributed by atoms with E-state index in [4.69, 9.17) is 14.2 Å². The number of methoxy groups -OCH3 is 3. The Hall–Kier alpha value is -1.50. The van der Waals surface area contributed by atoms with Gasteiger partial charge in [0.25, 0.3) is 5.91 Å². The van der Waals surface area contributed by atoms with Gasteiger partial charge in [-0.15, -0.1) is 12.4 Å². The van der Waals surface area contributed by atoms with E-state index >= 15 is 0 Å². The van der Waals surface area contributed by atoms with Crippen LogP contribution in [0.1, 0.15) is 23.2 Å². The van der Waals surface area contributed by atoms with Gasteiger partial charge < -0.3 is 24.8 Å². The fourth-order valence-corrected chi connectivity index (χ4v) is 2.98. The summed E-state index contributed by atoms with van der Waals surface area (Å²) < 4.78 is 15.8. The lowest BCUT2D eigenvalue weighted by atomic mass is 9.79. The molecular formula is C17H27ClN2O4. The molecule has 136 valence electrons. The average Bonchev–Trinajstić information content (AvgIpc) is 2.60. The summed E-state index contributed by atoms with van der Waals surface area (Å²) in [5.41, 5.74) is 0.504. The van der Waals surface area contributed by atoms with Gasteiger partial charge in [-0.3, -0.25) is 4.79 Å². The Bertz CT molecular complexity index is 528. The van der Waals surface area contributed by atoms with Crippen molar-refractivity contribution in [1.82, 2.24) is 10.6 Å². The lowest BCUT2D eigenvalue weighted by molar-refractivity contribution is 0.0511. The SMILES string of the molecule is COCC1(CNC(=O)c2ccc(OC)cc2OC)CCNCC1.Cl. The van der Waals surface area contributed by atoms with Crippen molar-refractivity contribution in [3.63, 3.8) is 0 Å². The molecule has 1 amide bonds. The molecule has 1 aromatic rings. The van der Waals surface area contributed by atoms with Crippen LogP contribution >= 0.6 is 12.4 Å². The number of carbonyl (C=O) groups excluding carboxylic acids is 1. The molecule has 24 heavy (non-hydrogen) atoms. The minimum Gasteiger partial charge on any atom is -0.497 e. The first-order valence-electron chi connectivity index (χ1n) is 7.84. The number of nitrogens with one attached hydrogen (secondary N) is 2. The molecule has 1 aliphatic rings. The maximum absolute atomic E-state index is 12.5. The van der Waals surface area contributed by atoms with Gasteiger partial charge in [0, 0.05) is 25.1 Å². The smallest absolute Gasteiger partial charge is 0.255 e. The predicted molar refractivity (Wildman–Crippen MR) is 95.5 cm³/mol. The second kappa shape index (κ2) is 9.71. The van der Waals surface area contributed by atoms with E-state index in [1.54, 1.807) is 39.5 Å². The quantitative estimate of drug-likeness (QED) is 0.778. The summed E-state index contributed by atoms with van der Waals surface area (Å²) >= 11 is 0. The molecule has 1 heterocycles. The summed E-state index contributed by atoms with van der Waals surface area (Å²) in [5.74, 6) is 1.03. The first-order valence-corrected chi connectivity index (χ1v) is 7.84. The highest BCUT2D eigenvalue weighted by Gasteiger charge is 2.32. The van der Waals surface area contributed by atoms with Crippen LogP contribution in [0.3, 0.4) is 0 Å². The minimum absolute atomic E-state index is 0. The Kier molecular flexibility index (Phi) is 8.31. The van der Waals surface area contributed by atoms with Gasteiger partial charge in [-0.05, 0) is 38.1 Å². The lowest BCUT2D eigenvalue weighted by Crippen LogP contribution is -2.47. The molecule has 0 unspecified atom stereocenters. The number of ether oxygens (including phenoxy) is 3. The summed E-state index contributed by atoms with van der Waals surface area (Å²) in [6, 6.07) is 5.19. The van der Waals surface area contributed by atoms with E-state index in [2.05, 4.69) is 10.6 Å². The van der Waals surface area contributed by atoms with E-state index in [1.165, 1.54) is 0 Å². The second-order valence-corrected chi connectivity index (χ2v) is 5.93. The number of carbonyl (C=O) groups is 1. The molecule has 6 nitrogen and oxygen atoms in total. The zero-order valence-electron chi connectivity index (χ0n) is 14.5. The zero-order valence-corrected chi connectivity index (χ0v) is 15.3. The minimum atomic E-state index is -0.140. The number of hydrogen-bond donors (Lipinski definition) is 2. The second-order valence-electron chi connectivity index (χ2n) is 5.93.